The van der Waals surface area contributed by atoms with Crippen LogP contribution in [0.3, 0.4) is 0 Å². The van der Waals surface area contributed by atoms with E-state index >= 15 is 0 Å². The van der Waals surface area contributed by atoms with Crippen LogP contribution in [0.4, 0.5) is 24.5 Å². The first kappa shape index (κ1) is 29.0. The Labute approximate surface area is 254 Å². The third-order valence-electron chi connectivity index (χ3n) is 6.99. The normalized spacial score (nSPS) is 19.6. The Morgan fingerprint density at radius 3 is 2.49 bits per heavy atom. The van der Waals surface area contributed by atoms with Gasteiger partial charge in [0.15, 0.2) is 6.61 Å². The third kappa shape index (κ3) is 5.55. The molecule has 3 aromatic carbocycles. The molecule has 3 heterocycles. The molecule has 3 unspecified atom stereocenters. The number of amides is 3. The number of fused-ring (bicyclic) bond motifs is 2. The molecule has 1 saturated heterocycles. The van der Waals surface area contributed by atoms with E-state index in [1.807, 2.05) is 0 Å². The topological polar surface area (TPSA) is 109 Å². The lowest BCUT2D eigenvalue weighted by atomic mass is 9.83. The fourth-order valence-electron chi connectivity index (χ4n) is 5.20. The quantitative estimate of drug-likeness (QED) is 0.252. The number of nitrogens with zero attached hydrogens (tertiary/aromatic N) is 1. The van der Waals surface area contributed by atoms with Crippen molar-refractivity contribution in [2.75, 3.05) is 16.8 Å². The van der Waals surface area contributed by atoms with Crippen LogP contribution in [0.5, 0.6) is 5.75 Å². The highest BCUT2D eigenvalue weighted by atomic mass is 35.5. The Balaban J connectivity index is 1.31. The number of rotatable bonds is 6. The third-order valence-corrected chi connectivity index (χ3v) is 9.64. The van der Waals surface area contributed by atoms with E-state index in [9.17, 15) is 32.3 Å². The van der Waals surface area contributed by atoms with Crippen molar-refractivity contribution >= 4 is 63.8 Å². The highest BCUT2D eigenvalue weighted by molar-refractivity contribution is 8.00. The van der Waals surface area contributed by atoms with Crippen molar-refractivity contribution in [1.82, 2.24) is 4.98 Å². The van der Waals surface area contributed by atoms with Crippen molar-refractivity contribution in [3.05, 3.63) is 103 Å². The summed E-state index contributed by atoms with van der Waals surface area (Å²) >= 11 is 7.70. The lowest BCUT2D eigenvalue weighted by Crippen LogP contribution is -2.33. The average Bonchev–Trinajstić information content (AvgIpc) is 3.46. The Hall–Kier alpha value is -4.07. The van der Waals surface area contributed by atoms with Gasteiger partial charge in [0.05, 0.1) is 22.2 Å². The molecule has 6 rings (SSSR count). The van der Waals surface area contributed by atoms with E-state index in [1.54, 1.807) is 48.5 Å². The molecule has 220 valence electrons. The van der Waals surface area contributed by atoms with Crippen LogP contribution in [-0.2, 0) is 20.6 Å². The number of imide groups is 1. The van der Waals surface area contributed by atoms with Crippen LogP contribution in [0.1, 0.15) is 21.9 Å². The summed E-state index contributed by atoms with van der Waals surface area (Å²) in [6.07, 6.45) is -4.80. The van der Waals surface area contributed by atoms with Crippen molar-refractivity contribution in [2.45, 2.75) is 22.4 Å². The Bertz CT molecular complexity index is 1810. The minimum atomic E-state index is -4.80. The number of para-hydroxylation sites is 1. The van der Waals surface area contributed by atoms with Gasteiger partial charge in [0, 0.05) is 21.5 Å². The van der Waals surface area contributed by atoms with Gasteiger partial charge in [-0.15, -0.1) is 0 Å². The van der Waals surface area contributed by atoms with Gasteiger partial charge in [-0.1, -0.05) is 59.0 Å². The lowest BCUT2D eigenvalue weighted by molar-refractivity contribution is -0.137. The molecule has 14 heteroatoms. The number of halogens is 4. The molecule has 1 aromatic heterocycles. The maximum atomic E-state index is 13.9. The number of hydrogen-bond acceptors (Lipinski definition) is 7. The zero-order valence-electron chi connectivity index (χ0n) is 21.7. The van der Waals surface area contributed by atoms with Gasteiger partial charge in [0.2, 0.25) is 11.8 Å². The number of aromatic nitrogens is 1. The summed E-state index contributed by atoms with van der Waals surface area (Å²) in [4.78, 5) is 55.6. The number of thioether (sulfide) groups is 1. The number of benzene rings is 3. The lowest BCUT2D eigenvalue weighted by Gasteiger charge is -2.30. The number of H-pyrrole nitrogens is 1. The molecule has 0 saturated carbocycles. The second-order valence-corrected chi connectivity index (χ2v) is 12.3. The molecule has 2 N–H and O–H groups in total. The number of carbonyl (C=O) groups is 3. The van der Waals surface area contributed by atoms with E-state index in [4.69, 9.17) is 16.3 Å². The summed E-state index contributed by atoms with van der Waals surface area (Å²) in [5.41, 5.74) is -0.630. The van der Waals surface area contributed by atoms with Gasteiger partial charge in [-0.25, -0.2) is 4.90 Å². The zero-order valence-corrected chi connectivity index (χ0v) is 24.1. The fraction of sp³-hybridized carbons (Fsp3) is 0.172. The summed E-state index contributed by atoms with van der Waals surface area (Å²) in [5.74, 6) is -3.70. The molecule has 0 bridgehead atoms. The molecule has 8 nitrogen and oxygen atoms in total. The van der Waals surface area contributed by atoms with Gasteiger partial charge < -0.3 is 15.0 Å². The van der Waals surface area contributed by atoms with Gasteiger partial charge in [-0.2, -0.15) is 13.2 Å². The van der Waals surface area contributed by atoms with Crippen molar-refractivity contribution in [1.29, 1.82) is 0 Å². The number of carbonyl (C=O) groups excluding carboxylic acids is 3. The predicted octanol–water partition coefficient (Wildman–Crippen LogP) is 5.92. The van der Waals surface area contributed by atoms with Crippen LogP contribution >= 0.6 is 34.7 Å². The predicted molar refractivity (Wildman–Crippen MR) is 156 cm³/mol. The number of anilines is 2. The summed E-state index contributed by atoms with van der Waals surface area (Å²) in [6, 6.07) is 17.4. The van der Waals surface area contributed by atoms with Crippen LogP contribution < -0.4 is 19.8 Å². The zero-order chi connectivity index (χ0) is 30.5. The molecule has 4 aromatic rings. The molecular formula is C29H19ClF3N3O5S2. The van der Waals surface area contributed by atoms with Crippen LogP contribution in [0.15, 0.2) is 82.6 Å². The Morgan fingerprint density at radius 1 is 1.00 bits per heavy atom. The van der Waals surface area contributed by atoms with Crippen LogP contribution in [0.2, 0.25) is 5.02 Å². The molecule has 0 radical (unpaired) electrons. The Kier molecular flexibility index (Phi) is 7.57. The van der Waals surface area contributed by atoms with Crippen molar-refractivity contribution < 1.29 is 32.3 Å². The van der Waals surface area contributed by atoms with E-state index in [2.05, 4.69) is 10.3 Å². The van der Waals surface area contributed by atoms with Gasteiger partial charge in [0.1, 0.15) is 11.0 Å². The monoisotopic (exact) mass is 645 g/mol. The summed E-state index contributed by atoms with van der Waals surface area (Å²) < 4.78 is 47.2. The van der Waals surface area contributed by atoms with E-state index in [0.29, 0.717) is 31.1 Å². The highest BCUT2D eigenvalue weighted by Gasteiger charge is 2.57. The number of alkyl halides is 3. The first-order chi connectivity index (χ1) is 20.5. The highest BCUT2D eigenvalue weighted by Crippen LogP contribution is 2.54. The largest absolute Gasteiger partial charge is 0.484 e. The summed E-state index contributed by atoms with van der Waals surface area (Å²) in [5, 5.41) is 2.49. The standard InChI is InChI=1S/C29H19ClF3N3O5S2/c30-15-8-10-16(11-9-15)34-20(37)13-41-17-5-3-4-14(12-17)21-22-24(42-25-23(21)43-28(40)35-25)27(39)36(26(22)38)19-7-2-1-6-18(19)29(31,32)33/h1-12,21-22,24H,13H2,(H,34,37)(H,35,40). The number of aromatic amines is 1. The maximum Gasteiger partial charge on any atom is 0.418 e. The van der Waals surface area contributed by atoms with Crippen LogP contribution in [-0.4, -0.2) is 34.6 Å². The number of ether oxygens (including phenoxy) is 1. The molecule has 3 atom stereocenters. The van der Waals surface area contributed by atoms with Crippen LogP contribution in [0, 0.1) is 5.92 Å². The molecular weight excluding hydrogens is 627 g/mol. The van der Waals surface area contributed by atoms with Gasteiger partial charge in [-0.05, 0) is 54.1 Å². The molecule has 1 fully saturated rings. The first-order valence-corrected chi connectivity index (χ1v) is 14.8. The Morgan fingerprint density at radius 2 is 1.74 bits per heavy atom. The van der Waals surface area contributed by atoms with E-state index in [-0.39, 0.29) is 12.4 Å². The molecule has 3 amide bonds. The molecule has 43 heavy (non-hydrogen) atoms. The van der Waals surface area contributed by atoms with Crippen molar-refractivity contribution in [2.24, 2.45) is 5.92 Å². The van der Waals surface area contributed by atoms with Gasteiger partial charge in [-0.3, -0.25) is 19.2 Å². The van der Waals surface area contributed by atoms with E-state index < -0.39 is 57.1 Å². The number of thiazole rings is 1. The van der Waals surface area contributed by atoms with Crippen LogP contribution in [0.25, 0.3) is 0 Å². The molecule has 0 spiro atoms. The van der Waals surface area contributed by atoms with E-state index in [1.165, 1.54) is 12.1 Å². The number of hydrogen-bond donors (Lipinski definition) is 2. The van der Waals surface area contributed by atoms with Gasteiger partial charge in [0.25, 0.3) is 5.91 Å². The van der Waals surface area contributed by atoms with Gasteiger partial charge >= 0.3 is 11.0 Å². The molecule has 0 aliphatic carbocycles. The SMILES string of the molecule is O=C(COc1cccc(C2c3sc(=O)[nH]c3SC3C(=O)N(c4ccccc4C(F)(F)F)C(=O)C32)c1)Nc1ccc(Cl)cc1. The van der Waals surface area contributed by atoms with E-state index in [0.717, 1.165) is 35.2 Å². The van der Waals surface area contributed by atoms with Crippen molar-refractivity contribution in [3.8, 4) is 5.75 Å². The van der Waals surface area contributed by atoms with Crippen molar-refractivity contribution in [3.63, 3.8) is 0 Å². The number of nitrogens with one attached hydrogen (secondary N) is 2. The average molecular weight is 646 g/mol. The summed E-state index contributed by atoms with van der Waals surface area (Å²) in [6.45, 7) is -0.346. The summed E-state index contributed by atoms with van der Waals surface area (Å²) in [7, 11) is 0. The molecule has 2 aliphatic rings. The smallest absolute Gasteiger partial charge is 0.418 e. The fourth-order valence-corrected chi connectivity index (χ4v) is 7.84. The first-order valence-electron chi connectivity index (χ1n) is 12.7. The second kappa shape index (κ2) is 11.2. The maximum absolute atomic E-state index is 13.9. The second-order valence-electron chi connectivity index (χ2n) is 9.69. The minimum absolute atomic E-state index is 0.277. The minimum Gasteiger partial charge on any atom is -0.484 e. The molecule has 2 aliphatic heterocycles.